The molecule has 4 aromatic rings. The lowest BCUT2D eigenvalue weighted by atomic mass is 10.0. The van der Waals surface area contributed by atoms with Crippen LogP contribution in [-0.4, -0.2) is 19.7 Å². The standard InChI is InChI=1S/C24H20ClF3N4O/c1-23(2,33-20-11-10-16(25)13-18(20)15-7-6-12-29-14-15)22-31-30-21(32(22)3)17-8-4-5-9-19(17)24(26,27)28/h4-14H,1-3H3. The van der Waals surface area contributed by atoms with Gasteiger partial charge in [0.1, 0.15) is 5.75 Å². The molecule has 0 spiro atoms. The van der Waals surface area contributed by atoms with Crippen molar-refractivity contribution in [1.29, 1.82) is 0 Å². The van der Waals surface area contributed by atoms with Crippen LogP contribution in [0.4, 0.5) is 13.2 Å². The van der Waals surface area contributed by atoms with E-state index in [1.54, 1.807) is 57.6 Å². The van der Waals surface area contributed by atoms with Crippen molar-refractivity contribution in [3.8, 4) is 28.3 Å². The van der Waals surface area contributed by atoms with Crippen LogP contribution in [0.25, 0.3) is 22.5 Å². The molecule has 0 saturated carbocycles. The number of aromatic nitrogens is 4. The Morgan fingerprint density at radius 2 is 1.70 bits per heavy atom. The summed E-state index contributed by atoms with van der Waals surface area (Å²) in [6.07, 6.45) is -1.16. The molecule has 4 rings (SSSR count). The van der Waals surface area contributed by atoms with E-state index in [2.05, 4.69) is 15.2 Å². The summed E-state index contributed by atoms with van der Waals surface area (Å²) < 4.78 is 48.4. The van der Waals surface area contributed by atoms with Crippen molar-refractivity contribution >= 4 is 11.6 Å². The van der Waals surface area contributed by atoms with Crippen LogP contribution >= 0.6 is 11.6 Å². The van der Waals surface area contributed by atoms with Crippen molar-refractivity contribution in [3.63, 3.8) is 0 Å². The number of halogens is 4. The van der Waals surface area contributed by atoms with Crippen LogP contribution in [0, 0.1) is 0 Å². The molecule has 2 heterocycles. The van der Waals surface area contributed by atoms with Gasteiger partial charge in [0.2, 0.25) is 0 Å². The molecule has 2 aromatic heterocycles. The third kappa shape index (κ3) is 4.57. The Hall–Kier alpha value is -3.39. The average molecular weight is 473 g/mol. The monoisotopic (exact) mass is 472 g/mol. The predicted octanol–water partition coefficient (Wildman–Crippen LogP) is 6.53. The van der Waals surface area contributed by atoms with Crippen molar-refractivity contribution in [2.45, 2.75) is 25.6 Å². The van der Waals surface area contributed by atoms with Crippen molar-refractivity contribution in [2.24, 2.45) is 7.05 Å². The minimum Gasteiger partial charge on any atom is -0.479 e. The first-order valence-corrected chi connectivity index (χ1v) is 10.4. The molecule has 2 aromatic carbocycles. The molecule has 0 fully saturated rings. The Bertz CT molecular complexity index is 1290. The van der Waals surface area contributed by atoms with Gasteiger partial charge in [0, 0.05) is 41.2 Å². The van der Waals surface area contributed by atoms with Gasteiger partial charge in [-0.1, -0.05) is 35.9 Å². The number of pyridine rings is 1. The van der Waals surface area contributed by atoms with Gasteiger partial charge in [-0.2, -0.15) is 13.2 Å². The van der Waals surface area contributed by atoms with Crippen molar-refractivity contribution in [1.82, 2.24) is 19.7 Å². The first kappa shape index (κ1) is 22.8. The minimum absolute atomic E-state index is 0.0513. The summed E-state index contributed by atoms with van der Waals surface area (Å²) in [5.74, 6) is 0.984. The van der Waals surface area contributed by atoms with E-state index in [1.165, 1.54) is 22.8 Å². The molecule has 0 N–H and O–H groups in total. The number of rotatable bonds is 5. The van der Waals surface area contributed by atoms with E-state index in [4.69, 9.17) is 16.3 Å². The maximum Gasteiger partial charge on any atom is 0.417 e. The highest BCUT2D eigenvalue weighted by Crippen LogP contribution is 2.39. The molecule has 0 aliphatic carbocycles. The van der Waals surface area contributed by atoms with Crippen molar-refractivity contribution in [2.75, 3.05) is 0 Å². The van der Waals surface area contributed by atoms with Gasteiger partial charge in [-0.15, -0.1) is 10.2 Å². The van der Waals surface area contributed by atoms with E-state index in [-0.39, 0.29) is 11.4 Å². The maximum absolute atomic E-state index is 13.5. The van der Waals surface area contributed by atoms with Crippen LogP contribution in [0.1, 0.15) is 25.2 Å². The van der Waals surface area contributed by atoms with Crippen LogP contribution in [-0.2, 0) is 18.8 Å². The van der Waals surface area contributed by atoms with E-state index < -0.39 is 17.3 Å². The fourth-order valence-electron chi connectivity index (χ4n) is 3.67. The Balaban J connectivity index is 1.74. The number of hydrogen-bond donors (Lipinski definition) is 0. The van der Waals surface area contributed by atoms with Gasteiger partial charge >= 0.3 is 6.18 Å². The molecule has 5 nitrogen and oxygen atoms in total. The Kier molecular flexibility index (Phi) is 5.88. The molecule has 33 heavy (non-hydrogen) atoms. The topological polar surface area (TPSA) is 52.8 Å². The molecule has 0 aliphatic rings. The molecule has 0 bridgehead atoms. The maximum atomic E-state index is 13.5. The second kappa shape index (κ2) is 8.51. The molecular formula is C24H20ClF3N4O. The number of alkyl halides is 3. The van der Waals surface area contributed by atoms with E-state index in [0.29, 0.717) is 16.6 Å². The fraction of sp³-hybridized carbons (Fsp3) is 0.208. The van der Waals surface area contributed by atoms with Gasteiger partial charge in [0.15, 0.2) is 17.2 Å². The Labute approximate surface area is 193 Å². The van der Waals surface area contributed by atoms with Gasteiger partial charge in [-0.05, 0) is 44.2 Å². The smallest absolute Gasteiger partial charge is 0.417 e. The quantitative estimate of drug-likeness (QED) is 0.331. The third-order valence-corrected chi connectivity index (χ3v) is 5.40. The zero-order valence-electron chi connectivity index (χ0n) is 18.1. The average Bonchev–Trinajstić information content (AvgIpc) is 3.17. The predicted molar refractivity (Wildman–Crippen MR) is 120 cm³/mol. The third-order valence-electron chi connectivity index (χ3n) is 5.17. The molecule has 0 atom stereocenters. The van der Waals surface area contributed by atoms with Crippen LogP contribution in [0.3, 0.4) is 0 Å². The summed E-state index contributed by atoms with van der Waals surface area (Å²) in [6, 6.07) is 14.2. The molecule has 0 amide bonds. The fourth-order valence-corrected chi connectivity index (χ4v) is 3.84. The summed E-state index contributed by atoms with van der Waals surface area (Å²) in [7, 11) is 1.62. The minimum atomic E-state index is -4.52. The first-order chi connectivity index (χ1) is 15.6. The van der Waals surface area contributed by atoms with Gasteiger partial charge < -0.3 is 9.30 Å². The zero-order chi connectivity index (χ0) is 23.8. The molecule has 9 heteroatoms. The highest BCUT2D eigenvalue weighted by atomic mass is 35.5. The number of hydrogen-bond acceptors (Lipinski definition) is 4. The summed E-state index contributed by atoms with van der Waals surface area (Å²) in [4.78, 5) is 4.15. The highest BCUT2D eigenvalue weighted by molar-refractivity contribution is 6.31. The van der Waals surface area contributed by atoms with E-state index in [9.17, 15) is 13.2 Å². The summed E-state index contributed by atoms with van der Waals surface area (Å²) in [6.45, 7) is 3.55. The van der Waals surface area contributed by atoms with Gasteiger partial charge in [-0.3, -0.25) is 4.98 Å². The Morgan fingerprint density at radius 3 is 2.39 bits per heavy atom. The van der Waals surface area contributed by atoms with Gasteiger partial charge in [0.05, 0.1) is 5.56 Å². The van der Waals surface area contributed by atoms with Gasteiger partial charge in [-0.25, -0.2) is 0 Å². The molecule has 170 valence electrons. The van der Waals surface area contributed by atoms with Crippen LogP contribution < -0.4 is 4.74 Å². The van der Waals surface area contributed by atoms with Crippen LogP contribution in [0.5, 0.6) is 5.75 Å². The second-order valence-electron chi connectivity index (χ2n) is 7.94. The Morgan fingerprint density at radius 1 is 0.939 bits per heavy atom. The molecule has 0 unspecified atom stereocenters. The number of nitrogens with zero attached hydrogens (tertiary/aromatic N) is 4. The lowest BCUT2D eigenvalue weighted by molar-refractivity contribution is -0.137. The van der Waals surface area contributed by atoms with Crippen molar-refractivity contribution in [3.05, 3.63) is 83.4 Å². The first-order valence-electron chi connectivity index (χ1n) is 10.0. The number of ether oxygens (including phenoxy) is 1. The molecule has 0 saturated heterocycles. The van der Waals surface area contributed by atoms with Gasteiger partial charge in [0.25, 0.3) is 0 Å². The highest BCUT2D eigenvalue weighted by Gasteiger charge is 2.36. The van der Waals surface area contributed by atoms with Crippen molar-refractivity contribution < 1.29 is 17.9 Å². The summed E-state index contributed by atoms with van der Waals surface area (Å²) >= 11 is 6.21. The van der Waals surface area contributed by atoms with E-state index >= 15 is 0 Å². The normalized spacial score (nSPS) is 12.1. The zero-order valence-corrected chi connectivity index (χ0v) is 18.8. The van der Waals surface area contributed by atoms with E-state index in [1.807, 2.05) is 6.07 Å². The van der Waals surface area contributed by atoms with E-state index in [0.717, 1.165) is 17.2 Å². The number of benzene rings is 2. The lowest BCUT2D eigenvalue weighted by Crippen LogP contribution is -2.29. The molecule has 0 radical (unpaired) electrons. The van der Waals surface area contributed by atoms with Crippen LogP contribution in [0.15, 0.2) is 67.0 Å². The molecular weight excluding hydrogens is 453 g/mol. The molecule has 0 aliphatic heterocycles. The SMILES string of the molecule is Cn1c(-c2ccccc2C(F)(F)F)nnc1C(C)(C)Oc1ccc(Cl)cc1-c1cccnc1. The second-order valence-corrected chi connectivity index (χ2v) is 8.38. The van der Waals surface area contributed by atoms with Crippen LogP contribution in [0.2, 0.25) is 5.02 Å². The largest absolute Gasteiger partial charge is 0.479 e. The summed E-state index contributed by atoms with van der Waals surface area (Å²) in [5.41, 5.74) is -0.318. The lowest BCUT2D eigenvalue weighted by Gasteiger charge is -2.27. The summed E-state index contributed by atoms with van der Waals surface area (Å²) in [5, 5.41) is 8.78.